The van der Waals surface area contributed by atoms with Crippen molar-refractivity contribution >= 4 is 42.2 Å². The number of nitrogens with zero attached hydrogens (tertiary/aromatic N) is 2. The number of nitro groups is 1. The maximum Gasteiger partial charge on any atom is 0.556 e. The predicted molar refractivity (Wildman–Crippen MR) is 91.1 cm³/mol. The van der Waals surface area contributed by atoms with E-state index in [9.17, 15) is 14.7 Å². The highest BCUT2D eigenvalue weighted by molar-refractivity contribution is 7.48. The van der Waals surface area contributed by atoms with Crippen molar-refractivity contribution in [1.29, 1.82) is 0 Å². The molecule has 0 bridgehead atoms. The lowest BCUT2D eigenvalue weighted by molar-refractivity contribution is -0.383. The minimum Gasteiger partial charge on any atom is -0.437 e. The van der Waals surface area contributed by atoms with Gasteiger partial charge in [0.05, 0.1) is 17.1 Å². The molecule has 2 rings (SSSR count). The topological polar surface area (TPSA) is 91.6 Å². The second-order valence-electron chi connectivity index (χ2n) is 4.54. The van der Waals surface area contributed by atoms with E-state index in [1.54, 1.807) is 6.92 Å². The number of halogens is 2. The number of aromatic nitrogens is 1. The molecule has 1 unspecified atom stereocenters. The molecule has 1 aromatic heterocycles. The number of nitro benzene ring substituents is 1. The summed E-state index contributed by atoms with van der Waals surface area (Å²) < 4.78 is 22.3. The largest absolute Gasteiger partial charge is 0.556 e. The SMILES string of the molecule is CCc1cc([N+](=O)[O-])c([P+](=O)OC)cc1Oc1ncc(Cl)cc1Cl. The van der Waals surface area contributed by atoms with Gasteiger partial charge in [0.2, 0.25) is 5.88 Å². The molecular formula is C14H12Cl2N2O5P+. The van der Waals surface area contributed by atoms with Crippen molar-refractivity contribution in [3.8, 4) is 11.6 Å². The van der Waals surface area contributed by atoms with Crippen LogP contribution in [0.2, 0.25) is 10.0 Å². The molecule has 10 heteroatoms. The Morgan fingerprint density at radius 2 is 2.04 bits per heavy atom. The van der Waals surface area contributed by atoms with Crippen LogP contribution in [-0.2, 0) is 15.5 Å². The summed E-state index contributed by atoms with van der Waals surface area (Å²) in [4.78, 5) is 14.6. The number of pyridine rings is 1. The predicted octanol–water partition coefficient (Wildman–Crippen LogP) is 4.67. The third-order valence-corrected chi connectivity index (χ3v) is 4.64. The van der Waals surface area contributed by atoms with E-state index in [4.69, 9.17) is 32.5 Å². The zero-order valence-corrected chi connectivity index (χ0v) is 15.1. The fourth-order valence-electron chi connectivity index (χ4n) is 1.94. The zero-order valence-electron chi connectivity index (χ0n) is 12.7. The molecule has 1 aromatic carbocycles. The molecule has 0 aliphatic heterocycles. The zero-order chi connectivity index (χ0) is 17.9. The van der Waals surface area contributed by atoms with Crippen molar-refractivity contribution in [2.45, 2.75) is 13.3 Å². The minimum absolute atomic E-state index is 0.0743. The Kier molecular flexibility index (Phi) is 6.07. The van der Waals surface area contributed by atoms with Crippen LogP contribution in [0.3, 0.4) is 0 Å². The number of benzene rings is 1. The molecule has 126 valence electrons. The van der Waals surface area contributed by atoms with Crippen LogP contribution >= 0.6 is 31.2 Å². The monoisotopic (exact) mass is 389 g/mol. The smallest absolute Gasteiger partial charge is 0.437 e. The average molecular weight is 390 g/mol. The molecule has 2 aromatic rings. The molecule has 0 saturated carbocycles. The molecule has 1 heterocycles. The standard InChI is InChI=1S/C14H12Cl2N2O5P/c1-3-8-4-11(18(19)20)13(24(21)22-2)6-12(8)23-14-10(16)5-9(15)7-17-14/h4-7H,3H2,1-2H3/q+1. The van der Waals surface area contributed by atoms with Crippen molar-refractivity contribution in [2.24, 2.45) is 0 Å². The van der Waals surface area contributed by atoms with E-state index in [0.29, 0.717) is 17.0 Å². The Morgan fingerprint density at radius 1 is 1.33 bits per heavy atom. The van der Waals surface area contributed by atoms with Gasteiger partial charge >= 0.3 is 19.0 Å². The molecule has 0 fully saturated rings. The fourth-order valence-corrected chi connectivity index (χ4v) is 3.12. The van der Waals surface area contributed by atoms with Crippen LogP contribution in [0.25, 0.3) is 0 Å². The van der Waals surface area contributed by atoms with Gasteiger partial charge in [-0.05, 0) is 17.1 Å². The molecule has 0 N–H and O–H groups in total. The highest BCUT2D eigenvalue weighted by Crippen LogP contribution is 2.35. The van der Waals surface area contributed by atoms with E-state index < -0.39 is 13.0 Å². The van der Waals surface area contributed by atoms with Crippen molar-refractivity contribution in [1.82, 2.24) is 4.98 Å². The summed E-state index contributed by atoms with van der Waals surface area (Å²) in [5.74, 6) is 0.346. The van der Waals surface area contributed by atoms with Crippen LogP contribution in [0.5, 0.6) is 11.6 Å². The summed E-state index contributed by atoms with van der Waals surface area (Å²) in [6.07, 6.45) is 1.81. The lowest BCUT2D eigenvalue weighted by Crippen LogP contribution is -2.09. The Labute approximate surface area is 148 Å². The van der Waals surface area contributed by atoms with Gasteiger partial charge in [0.25, 0.3) is 0 Å². The van der Waals surface area contributed by atoms with E-state index in [1.807, 2.05) is 0 Å². The van der Waals surface area contributed by atoms with Crippen molar-refractivity contribution in [2.75, 3.05) is 7.11 Å². The highest BCUT2D eigenvalue weighted by atomic mass is 35.5. The van der Waals surface area contributed by atoms with Gasteiger partial charge in [0, 0.05) is 23.9 Å². The van der Waals surface area contributed by atoms with E-state index in [1.165, 1.54) is 31.5 Å². The molecule has 0 spiro atoms. The molecule has 1 atom stereocenters. The Balaban J connectivity index is 2.56. The van der Waals surface area contributed by atoms with Gasteiger partial charge in [-0.25, -0.2) is 4.98 Å². The van der Waals surface area contributed by atoms with E-state index >= 15 is 0 Å². The second kappa shape index (κ2) is 7.85. The van der Waals surface area contributed by atoms with Gasteiger partial charge in [-0.2, -0.15) is 0 Å². The summed E-state index contributed by atoms with van der Waals surface area (Å²) in [5, 5.41) is 11.7. The van der Waals surface area contributed by atoms with Crippen LogP contribution in [-0.4, -0.2) is 17.0 Å². The number of ether oxygens (including phenoxy) is 1. The van der Waals surface area contributed by atoms with Gasteiger partial charge in [-0.1, -0.05) is 30.1 Å². The van der Waals surface area contributed by atoms with Crippen LogP contribution in [0, 0.1) is 10.1 Å². The maximum atomic E-state index is 12.0. The third kappa shape index (κ3) is 3.99. The van der Waals surface area contributed by atoms with Gasteiger partial charge < -0.3 is 4.74 Å². The Morgan fingerprint density at radius 3 is 2.58 bits per heavy atom. The Bertz CT molecular complexity index is 816. The van der Waals surface area contributed by atoms with Crippen LogP contribution in [0.4, 0.5) is 5.69 Å². The number of hydrogen-bond acceptors (Lipinski definition) is 6. The van der Waals surface area contributed by atoms with Gasteiger partial charge in [0.1, 0.15) is 10.8 Å². The van der Waals surface area contributed by atoms with Gasteiger partial charge in [0.15, 0.2) is 0 Å². The first kappa shape index (κ1) is 18.5. The molecule has 0 aliphatic carbocycles. The summed E-state index contributed by atoms with van der Waals surface area (Å²) in [6.45, 7) is 1.80. The molecule has 0 aliphatic rings. The summed E-state index contributed by atoms with van der Waals surface area (Å²) in [5.41, 5.74) is 0.245. The third-order valence-electron chi connectivity index (χ3n) is 3.08. The first-order valence-corrected chi connectivity index (χ1v) is 8.62. The average Bonchev–Trinajstić information content (AvgIpc) is 2.55. The lowest BCUT2D eigenvalue weighted by Gasteiger charge is -2.10. The van der Waals surface area contributed by atoms with E-state index in [-0.39, 0.29) is 27.6 Å². The van der Waals surface area contributed by atoms with Crippen molar-refractivity contribution in [3.05, 3.63) is 50.1 Å². The second-order valence-corrected chi connectivity index (χ2v) is 6.75. The summed E-state index contributed by atoms with van der Waals surface area (Å²) in [6, 6.07) is 4.07. The summed E-state index contributed by atoms with van der Waals surface area (Å²) >= 11 is 11.8. The van der Waals surface area contributed by atoms with Crippen molar-refractivity contribution < 1.29 is 18.7 Å². The molecular weight excluding hydrogens is 378 g/mol. The van der Waals surface area contributed by atoms with Crippen LogP contribution in [0.1, 0.15) is 12.5 Å². The van der Waals surface area contributed by atoms with Crippen LogP contribution < -0.4 is 10.0 Å². The van der Waals surface area contributed by atoms with Crippen LogP contribution in [0.15, 0.2) is 24.4 Å². The number of hydrogen-bond donors (Lipinski definition) is 0. The quantitative estimate of drug-likeness (QED) is 0.405. The Hall–Kier alpha value is -1.79. The highest BCUT2D eigenvalue weighted by Gasteiger charge is 2.34. The van der Waals surface area contributed by atoms with Gasteiger partial charge in [-0.15, -0.1) is 4.52 Å². The molecule has 24 heavy (non-hydrogen) atoms. The first-order chi connectivity index (χ1) is 11.4. The van der Waals surface area contributed by atoms with Gasteiger partial charge in [-0.3, -0.25) is 10.1 Å². The number of aryl methyl sites for hydroxylation is 1. The minimum atomic E-state index is -2.39. The van der Waals surface area contributed by atoms with E-state index in [2.05, 4.69) is 4.98 Å². The normalized spacial score (nSPS) is 11.2. The van der Waals surface area contributed by atoms with E-state index in [0.717, 1.165) is 0 Å². The molecule has 0 radical (unpaired) electrons. The lowest BCUT2D eigenvalue weighted by atomic mass is 10.1. The first-order valence-electron chi connectivity index (χ1n) is 6.69. The number of rotatable bonds is 6. The fraction of sp³-hybridized carbons (Fsp3) is 0.214. The van der Waals surface area contributed by atoms with Crippen molar-refractivity contribution in [3.63, 3.8) is 0 Å². The molecule has 7 nitrogen and oxygen atoms in total. The summed E-state index contributed by atoms with van der Waals surface area (Å²) in [7, 11) is -1.19. The molecule has 0 amide bonds. The maximum absolute atomic E-state index is 12.0. The molecule has 0 saturated heterocycles.